The first-order valence-electron chi connectivity index (χ1n) is 15.2. The fourth-order valence-electron chi connectivity index (χ4n) is 7.22. The topological polar surface area (TPSA) is 95.7 Å². The third kappa shape index (κ3) is 5.25. The maximum Gasteiger partial charge on any atom is 0.398 e. The number of fused-ring (bicyclic) bond motifs is 1. The predicted octanol–water partition coefficient (Wildman–Crippen LogP) is 5.35. The zero-order chi connectivity index (χ0) is 31.6. The molecule has 12 heteroatoms. The number of rotatable bonds is 6. The van der Waals surface area contributed by atoms with E-state index in [4.69, 9.17) is 16.7 Å². The molecule has 0 radical (unpaired) electrons. The van der Waals surface area contributed by atoms with Gasteiger partial charge in [-0.05, 0) is 82.7 Å². The number of allylic oxidation sites excluding steroid dienone is 2. The Morgan fingerprint density at radius 3 is 2.41 bits per heavy atom. The van der Waals surface area contributed by atoms with Crippen molar-refractivity contribution in [2.75, 3.05) is 27.2 Å². The Bertz CT molecular complexity index is 1540. The number of likely N-dealkylation sites (N-methyl/N-ethyl adjacent to an activating group) is 1. The van der Waals surface area contributed by atoms with Gasteiger partial charge in [0.05, 0.1) is 33.3 Å². The molecular formula is C32H36ClF3N4O4. The average Bonchev–Trinajstić information content (AvgIpc) is 3.51. The number of hydrogen-bond donors (Lipinski definition) is 1. The lowest BCUT2D eigenvalue weighted by atomic mass is 9.82. The molecule has 8 nitrogen and oxygen atoms in total. The van der Waals surface area contributed by atoms with Crippen molar-refractivity contribution < 1.29 is 32.7 Å². The molecule has 1 saturated carbocycles. The zero-order valence-electron chi connectivity index (χ0n) is 24.8. The minimum atomic E-state index is -4.55. The number of alkyl halides is 3. The molecule has 44 heavy (non-hydrogen) atoms. The second-order valence-electron chi connectivity index (χ2n) is 12.9. The maximum absolute atomic E-state index is 14.3. The Labute approximate surface area is 258 Å². The first kappa shape index (κ1) is 30.8. The fraction of sp³-hybridized carbons (Fsp3) is 0.562. The minimum Gasteiger partial charge on any atom is -0.481 e. The Hall–Kier alpha value is -3.18. The van der Waals surface area contributed by atoms with Crippen LogP contribution in [0.25, 0.3) is 5.57 Å². The highest BCUT2D eigenvalue weighted by Gasteiger charge is 2.65. The van der Waals surface area contributed by atoms with E-state index in [1.165, 1.54) is 22.9 Å². The first-order valence-corrected chi connectivity index (χ1v) is 15.6. The van der Waals surface area contributed by atoms with Gasteiger partial charge in [0, 0.05) is 37.0 Å². The summed E-state index contributed by atoms with van der Waals surface area (Å²) in [5.41, 5.74) is 0.186. The van der Waals surface area contributed by atoms with Crippen molar-refractivity contribution in [2.24, 2.45) is 11.8 Å². The molecule has 0 bridgehead atoms. The molecule has 1 N–H and O–H groups in total. The van der Waals surface area contributed by atoms with Crippen molar-refractivity contribution in [1.82, 2.24) is 19.6 Å². The molecule has 2 fully saturated rings. The van der Waals surface area contributed by atoms with Crippen LogP contribution in [0.4, 0.5) is 13.2 Å². The highest BCUT2D eigenvalue weighted by molar-refractivity contribution is 6.34. The Balaban J connectivity index is 1.40. The summed E-state index contributed by atoms with van der Waals surface area (Å²) in [5, 5.41) is 14.1. The van der Waals surface area contributed by atoms with Gasteiger partial charge in [-0.15, -0.1) is 0 Å². The van der Waals surface area contributed by atoms with Crippen LogP contribution < -0.4 is 0 Å². The molecule has 3 atom stereocenters. The summed E-state index contributed by atoms with van der Waals surface area (Å²) in [4.78, 5) is 43.5. The third-order valence-corrected chi connectivity index (χ3v) is 10.4. The zero-order valence-corrected chi connectivity index (χ0v) is 25.5. The summed E-state index contributed by atoms with van der Waals surface area (Å²) >= 11 is 6.49. The van der Waals surface area contributed by atoms with E-state index in [1.54, 1.807) is 0 Å². The van der Waals surface area contributed by atoms with E-state index >= 15 is 0 Å². The monoisotopic (exact) mass is 632 g/mol. The SMILES string of the molecule is CN(C)[C@@H]1CCN(C(=O)C2CCc3c(C4=CCC(C(=O)O)CC4)nn(C(=O)c4c(Cl)cccc4C4(C(F)(F)F)CC4)c3C2)C1. The number of likely N-dealkylation sites (tertiary alicyclic amines) is 1. The summed E-state index contributed by atoms with van der Waals surface area (Å²) < 4.78 is 44.0. The molecular weight excluding hydrogens is 597 g/mol. The van der Waals surface area contributed by atoms with Crippen LogP contribution in [0.5, 0.6) is 0 Å². The van der Waals surface area contributed by atoms with E-state index < -0.39 is 35.3 Å². The Morgan fingerprint density at radius 2 is 1.82 bits per heavy atom. The molecule has 1 aromatic heterocycles. The number of halogens is 4. The molecule has 2 aromatic rings. The van der Waals surface area contributed by atoms with E-state index in [9.17, 15) is 32.7 Å². The summed E-state index contributed by atoms with van der Waals surface area (Å²) in [7, 11) is 3.98. The molecule has 236 valence electrons. The molecule has 4 aliphatic rings. The van der Waals surface area contributed by atoms with Gasteiger partial charge in [0.2, 0.25) is 5.91 Å². The minimum absolute atomic E-state index is 0.00960. The van der Waals surface area contributed by atoms with Gasteiger partial charge in [-0.1, -0.05) is 29.8 Å². The number of benzene rings is 1. The molecule has 0 spiro atoms. The summed E-state index contributed by atoms with van der Waals surface area (Å²) in [6.07, 6.45) is 0.362. The van der Waals surface area contributed by atoms with Crippen LogP contribution in [0.2, 0.25) is 5.02 Å². The summed E-state index contributed by atoms with van der Waals surface area (Å²) in [5.74, 6) is -2.50. The van der Waals surface area contributed by atoms with Crippen LogP contribution in [0.3, 0.4) is 0 Å². The fourth-order valence-corrected chi connectivity index (χ4v) is 7.48. The molecule has 1 saturated heterocycles. The standard InChI is InChI=1S/C32H36ClF3N4O4/c1-38(2)21-12-15-39(17-21)28(41)20-10-11-22-25(16-20)40(37-27(22)18-6-8-19(9-7-18)30(43)44)29(42)26-23(4-3-5-24(26)33)31(13-14-31)32(34,35)36/h3-6,19-21H,7-17H2,1-2H3,(H,43,44)/t19?,20?,21-/m1/s1. The number of aromatic nitrogens is 2. The van der Waals surface area contributed by atoms with Gasteiger partial charge in [-0.3, -0.25) is 14.4 Å². The largest absolute Gasteiger partial charge is 0.481 e. The van der Waals surface area contributed by atoms with Crippen LogP contribution in [0, 0.1) is 11.8 Å². The van der Waals surface area contributed by atoms with Crippen molar-refractivity contribution in [3.05, 3.63) is 57.4 Å². The quantitative estimate of drug-likeness (QED) is 0.461. The van der Waals surface area contributed by atoms with E-state index in [0.717, 1.165) is 17.6 Å². The van der Waals surface area contributed by atoms with Gasteiger partial charge >= 0.3 is 12.1 Å². The average molecular weight is 633 g/mol. The van der Waals surface area contributed by atoms with Crippen LogP contribution in [-0.2, 0) is 27.8 Å². The lowest BCUT2D eigenvalue weighted by Gasteiger charge is -2.28. The Kier molecular flexibility index (Phi) is 7.93. The van der Waals surface area contributed by atoms with E-state index in [0.29, 0.717) is 56.6 Å². The number of nitrogens with zero attached hydrogens (tertiary/aromatic N) is 4. The van der Waals surface area contributed by atoms with Gasteiger partial charge in [0.15, 0.2) is 0 Å². The van der Waals surface area contributed by atoms with Crippen molar-refractivity contribution in [3.8, 4) is 0 Å². The lowest BCUT2D eigenvalue weighted by Crippen LogP contribution is -2.40. The second-order valence-corrected chi connectivity index (χ2v) is 13.3. The van der Waals surface area contributed by atoms with Crippen LogP contribution in [0.1, 0.15) is 77.8 Å². The van der Waals surface area contributed by atoms with Crippen molar-refractivity contribution >= 4 is 35.0 Å². The number of carbonyl (C=O) groups excluding carboxylic acids is 2. The second kappa shape index (κ2) is 11.3. The van der Waals surface area contributed by atoms with Crippen LogP contribution in [-0.4, -0.2) is 81.9 Å². The molecule has 2 heterocycles. The summed E-state index contributed by atoms with van der Waals surface area (Å²) in [6, 6.07) is 4.44. The Morgan fingerprint density at radius 1 is 1.09 bits per heavy atom. The molecule has 1 amide bonds. The van der Waals surface area contributed by atoms with Gasteiger partial charge in [0.1, 0.15) is 0 Å². The van der Waals surface area contributed by atoms with Crippen LogP contribution in [0.15, 0.2) is 24.3 Å². The molecule has 1 aromatic carbocycles. The number of amides is 1. The first-order chi connectivity index (χ1) is 20.8. The van der Waals surface area contributed by atoms with Crippen molar-refractivity contribution in [3.63, 3.8) is 0 Å². The van der Waals surface area contributed by atoms with Crippen molar-refractivity contribution in [1.29, 1.82) is 0 Å². The third-order valence-electron chi connectivity index (χ3n) is 10.1. The van der Waals surface area contributed by atoms with E-state index in [2.05, 4.69) is 4.90 Å². The van der Waals surface area contributed by atoms with Crippen molar-refractivity contribution in [2.45, 2.75) is 75.4 Å². The number of hydrogen-bond acceptors (Lipinski definition) is 5. The highest BCUT2D eigenvalue weighted by atomic mass is 35.5. The molecule has 1 aliphatic heterocycles. The van der Waals surface area contributed by atoms with Gasteiger partial charge in [-0.2, -0.15) is 23.0 Å². The van der Waals surface area contributed by atoms with E-state index in [-0.39, 0.29) is 47.4 Å². The number of carboxylic acids is 1. The predicted molar refractivity (Wildman–Crippen MR) is 158 cm³/mol. The smallest absolute Gasteiger partial charge is 0.398 e. The van der Waals surface area contributed by atoms with Gasteiger partial charge in [-0.25, -0.2) is 0 Å². The van der Waals surface area contributed by atoms with Gasteiger partial charge < -0.3 is 14.9 Å². The normalized spacial score (nSPS) is 24.7. The molecule has 6 rings (SSSR count). The summed E-state index contributed by atoms with van der Waals surface area (Å²) in [6.45, 7) is 1.27. The van der Waals surface area contributed by atoms with Gasteiger partial charge in [0.25, 0.3) is 5.91 Å². The molecule has 2 unspecified atom stereocenters. The number of carbonyl (C=O) groups is 3. The van der Waals surface area contributed by atoms with Crippen LogP contribution >= 0.6 is 11.6 Å². The number of aliphatic carboxylic acids is 1. The highest BCUT2D eigenvalue weighted by Crippen LogP contribution is 2.60. The van der Waals surface area contributed by atoms with E-state index in [1.807, 2.05) is 25.1 Å². The maximum atomic E-state index is 14.3. The lowest BCUT2D eigenvalue weighted by molar-refractivity contribution is -0.160. The number of carboxylic acid groups (broad SMARTS) is 1. The molecule has 3 aliphatic carbocycles.